The maximum atomic E-state index is 11.9. The van der Waals surface area contributed by atoms with Crippen molar-refractivity contribution in [2.45, 2.75) is 19.3 Å². The Hall–Kier alpha value is -2.47. The summed E-state index contributed by atoms with van der Waals surface area (Å²) in [6.07, 6.45) is 4.61. The van der Waals surface area contributed by atoms with Crippen LogP contribution in [-0.2, 0) is 0 Å². The van der Waals surface area contributed by atoms with Crippen molar-refractivity contribution in [3.63, 3.8) is 0 Å². The molecule has 22 heavy (non-hydrogen) atoms. The molecular weight excluding hydrogens is 296 g/mol. The van der Waals surface area contributed by atoms with Gasteiger partial charge < -0.3 is 5.32 Å². The quantitative estimate of drug-likeness (QED) is 0.889. The Bertz CT molecular complexity index is 721. The molecule has 1 atom stereocenters. The highest BCUT2D eigenvalue weighted by molar-refractivity contribution is 7.14. The van der Waals surface area contributed by atoms with Gasteiger partial charge in [0.25, 0.3) is 0 Å². The first-order chi connectivity index (χ1) is 10.7. The monoisotopic (exact) mass is 312 g/mol. The molecule has 1 aliphatic rings. The fourth-order valence-electron chi connectivity index (χ4n) is 2.25. The number of allylic oxidation sites excluding steroid dienone is 1. The molecule has 112 valence electrons. The van der Waals surface area contributed by atoms with E-state index in [1.807, 2.05) is 48.1 Å². The van der Waals surface area contributed by atoms with E-state index in [1.54, 1.807) is 0 Å². The standard InChI is InChI=1S/C16H16N4OS/c1-11-9-17-8-7-13(11)14-10-22-16(19-14)20-15(21)18-12-5-3-2-4-6-12/h2-6,8-10,13H,7H2,1H3,(H2,18,19,20,21). The normalized spacial score (nSPS) is 17.0. The predicted molar refractivity (Wildman–Crippen MR) is 90.8 cm³/mol. The number of nitrogens with zero attached hydrogens (tertiary/aromatic N) is 2. The zero-order valence-electron chi connectivity index (χ0n) is 12.1. The van der Waals surface area contributed by atoms with E-state index in [9.17, 15) is 4.79 Å². The smallest absolute Gasteiger partial charge is 0.308 e. The van der Waals surface area contributed by atoms with Crippen molar-refractivity contribution in [1.82, 2.24) is 4.98 Å². The average Bonchev–Trinajstić information content (AvgIpc) is 2.97. The first-order valence-electron chi connectivity index (χ1n) is 6.99. The van der Waals surface area contributed by atoms with Crippen LogP contribution in [0.15, 0.2) is 52.5 Å². The lowest BCUT2D eigenvalue weighted by Crippen LogP contribution is -2.19. The van der Waals surface area contributed by atoms with Gasteiger partial charge >= 0.3 is 6.03 Å². The molecule has 0 saturated heterocycles. The molecule has 2 aromatic rings. The Balaban J connectivity index is 1.63. The van der Waals surface area contributed by atoms with Gasteiger partial charge in [-0.3, -0.25) is 10.3 Å². The highest BCUT2D eigenvalue weighted by Gasteiger charge is 2.18. The minimum Gasteiger partial charge on any atom is -0.308 e. The van der Waals surface area contributed by atoms with E-state index in [-0.39, 0.29) is 11.9 Å². The van der Waals surface area contributed by atoms with E-state index in [0.29, 0.717) is 5.13 Å². The van der Waals surface area contributed by atoms with Crippen molar-refractivity contribution < 1.29 is 4.79 Å². The predicted octanol–water partition coefficient (Wildman–Crippen LogP) is 4.25. The van der Waals surface area contributed by atoms with Crippen molar-refractivity contribution in [3.8, 4) is 0 Å². The summed E-state index contributed by atoms with van der Waals surface area (Å²) in [5, 5.41) is 8.12. The van der Waals surface area contributed by atoms with Crippen LogP contribution < -0.4 is 10.6 Å². The van der Waals surface area contributed by atoms with Crippen LogP contribution in [0.4, 0.5) is 15.6 Å². The molecule has 1 aromatic carbocycles. The Morgan fingerprint density at radius 1 is 1.27 bits per heavy atom. The first-order valence-corrected chi connectivity index (χ1v) is 7.87. The largest absolute Gasteiger partial charge is 0.325 e. The summed E-state index contributed by atoms with van der Waals surface area (Å²) in [4.78, 5) is 20.6. The van der Waals surface area contributed by atoms with Crippen LogP contribution in [0.2, 0.25) is 0 Å². The molecule has 2 amide bonds. The summed E-state index contributed by atoms with van der Waals surface area (Å²) in [7, 11) is 0. The summed E-state index contributed by atoms with van der Waals surface area (Å²) < 4.78 is 0. The number of thiazole rings is 1. The number of urea groups is 1. The lowest BCUT2D eigenvalue weighted by Gasteiger charge is -2.15. The van der Waals surface area contributed by atoms with Crippen LogP contribution in [0.1, 0.15) is 25.0 Å². The highest BCUT2D eigenvalue weighted by atomic mass is 32.1. The van der Waals surface area contributed by atoms with Gasteiger partial charge in [0.05, 0.1) is 5.69 Å². The zero-order chi connectivity index (χ0) is 15.4. The number of carbonyl (C=O) groups is 1. The number of benzene rings is 1. The molecule has 0 saturated carbocycles. The Morgan fingerprint density at radius 3 is 2.86 bits per heavy atom. The third-order valence-electron chi connectivity index (χ3n) is 3.41. The van der Waals surface area contributed by atoms with Crippen molar-refractivity contribution in [1.29, 1.82) is 0 Å². The third kappa shape index (κ3) is 3.40. The maximum absolute atomic E-state index is 11.9. The van der Waals surface area contributed by atoms with Gasteiger partial charge in [0.2, 0.25) is 0 Å². The van der Waals surface area contributed by atoms with E-state index in [1.165, 1.54) is 16.9 Å². The molecule has 0 radical (unpaired) electrons. The molecule has 0 fully saturated rings. The van der Waals surface area contributed by atoms with Crippen LogP contribution in [-0.4, -0.2) is 17.2 Å². The maximum Gasteiger partial charge on any atom is 0.325 e. The first kappa shape index (κ1) is 14.5. The van der Waals surface area contributed by atoms with Crippen LogP contribution in [0.5, 0.6) is 0 Å². The number of para-hydroxylation sites is 1. The molecule has 1 aromatic heterocycles. The summed E-state index contributed by atoms with van der Waals surface area (Å²) >= 11 is 1.43. The SMILES string of the molecule is CC1=CN=CCC1c1csc(NC(=O)Nc2ccccc2)n1. The molecule has 0 aliphatic carbocycles. The van der Waals surface area contributed by atoms with Gasteiger partial charge in [-0.2, -0.15) is 0 Å². The molecule has 5 nitrogen and oxygen atoms in total. The number of anilines is 2. The number of nitrogens with one attached hydrogen (secondary N) is 2. The molecule has 2 heterocycles. The molecular formula is C16H16N4OS. The van der Waals surface area contributed by atoms with Crippen molar-refractivity contribution >= 4 is 34.4 Å². The lowest BCUT2D eigenvalue weighted by molar-refractivity contribution is 0.262. The second kappa shape index (κ2) is 6.53. The number of aliphatic imine (C=N–C) groups is 1. The van der Waals surface area contributed by atoms with Crippen LogP contribution in [0.3, 0.4) is 0 Å². The van der Waals surface area contributed by atoms with Gasteiger partial charge in [0.15, 0.2) is 5.13 Å². The van der Waals surface area contributed by atoms with Gasteiger partial charge in [-0.15, -0.1) is 11.3 Å². The summed E-state index contributed by atoms with van der Waals surface area (Å²) in [5.74, 6) is 0.251. The van der Waals surface area contributed by atoms with Gasteiger partial charge in [0.1, 0.15) is 0 Å². The molecule has 0 spiro atoms. The Labute approximate surface area is 132 Å². The van der Waals surface area contributed by atoms with Crippen LogP contribution in [0.25, 0.3) is 0 Å². The highest BCUT2D eigenvalue weighted by Crippen LogP contribution is 2.31. The van der Waals surface area contributed by atoms with E-state index in [2.05, 4.69) is 27.5 Å². The van der Waals surface area contributed by atoms with E-state index in [4.69, 9.17) is 0 Å². The molecule has 0 bridgehead atoms. The number of hydrogen-bond donors (Lipinski definition) is 2. The molecule has 2 N–H and O–H groups in total. The third-order valence-corrected chi connectivity index (χ3v) is 4.18. The molecule has 6 heteroatoms. The fourth-order valence-corrected chi connectivity index (χ4v) is 3.01. The van der Waals surface area contributed by atoms with E-state index in [0.717, 1.165) is 17.8 Å². The number of hydrogen-bond acceptors (Lipinski definition) is 4. The summed E-state index contributed by atoms with van der Waals surface area (Å²) in [6, 6.07) is 9.03. The van der Waals surface area contributed by atoms with Crippen LogP contribution in [0, 0.1) is 0 Å². The summed E-state index contributed by atoms with van der Waals surface area (Å²) in [6.45, 7) is 2.05. The topological polar surface area (TPSA) is 66.4 Å². The van der Waals surface area contributed by atoms with Crippen LogP contribution >= 0.6 is 11.3 Å². The Kier molecular flexibility index (Phi) is 4.29. The van der Waals surface area contributed by atoms with Gasteiger partial charge in [-0.1, -0.05) is 18.2 Å². The van der Waals surface area contributed by atoms with Gasteiger partial charge in [0, 0.05) is 29.4 Å². The second-order valence-electron chi connectivity index (χ2n) is 5.02. The summed E-state index contributed by atoms with van der Waals surface area (Å²) in [5.41, 5.74) is 2.91. The van der Waals surface area contributed by atoms with E-state index >= 15 is 0 Å². The van der Waals surface area contributed by atoms with Crippen molar-refractivity contribution in [2.24, 2.45) is 4.99 Å². The minimum atomic E-state index is -0.287. The Morgan fingerprint density at radius 2 is 2.09 bits per heavy atom. The minimum absolute atomic E-state index is 0.251. The lowest BCUT2D eigenvalue weighted by atomic mass is 9.94. The number of amides is 2. The van der Waals surface area contributed by atoms with Crippen molar-refractivity contribution in [3.05, 3.63) is 53.2 Å². The fraction of sp³-hybridized carbons (Fsp3) is 0.188. The zero-order valence-corrected chi connectivity index (χ0v) is 12.9. The molecule has 1 aliphatic heterocycles. The van der Waals surface area contributed by atoms with Gasteiger partial charge in [-0.05, 0) is 31.1 Å². The van der Waals surface area contributed by atoms with Gasteiger partial charge in [-0.25, -0.2) is 9.78 Å². The molecule has 3 rings (SSSR count). The number of carbonyl (C=O) groups excluding carboxylic acids is 1. The van der Waals surface area contributed by atoms with E-state index < -0.39 is 0 Å². The number of rotatable bonds is 3. The molecule has 1 unspecified atom stereocenters. The van der Waals surface area contributed by atoms with Crippen molar-refractivity contribution in [2.75, 3.05) is 10.6 Å². The average molecular weight is 312 g/mol. The second-order valence-corrected chi connectivity index (χ2v) is 5.87. The number of aromatic nitrogens is 1.